The molecule has 1 atom stereocenters. The molecular weight excluding hydrogens is 830 g/mol. The first-order valence-corrected chi connectivity index (χ1v) is 22.7. The van der Waals surface area contributed by atoms with Crippen LogP contribution in [0.4, 0.5) is 24.5 Å². The van der Waals surface area contributed by atoms with Gasteiger partial charge in [-0.1, -0.05) is 12.1 Å². The third-order valence-electron chi connectivity index (χ3n) is 14.4. The Kier molecular flexibility index (Phi) is 10.9. The molecule has 5 fully saturated rings. The number of nitrogens with zero attached hydrogens (tertiary/aromatic N) is 5. The number of benzene rings is 2. The van der Waals surface area contributed by atoms with Crippen LogP contribution in [-0.4, -0.2) is 92.4 Å². The molecule has 14 nitrogen and oxygen atoms in total. The van der Waals surface area contributed by atoms with E-state index in [1.54, 1.807) is 30.3 Å². The van der Waals surface area contributed by atoms with Gasteiger partial charge < -0.3 is 20.3 Å². The number of nitrogens with one attached hydrogen (secondary N) is 3. The summed E-state index contributed by atoms with van der Waals surface area (Å²) >= 11 is 0. The lowest BCUT2D eigenvalue weighted by Crippen LogP contribution is -2.54. The standard InChI is InChI=1S/C47H51F3N8O6/c48-47(49,50)39-6-2-5-34(52-39)42(60)53-36-21-29-26-57(55-35(29)22-38(36)64-31-11-12-31)30-9-7-27(8-10-30)25-56-19-16-46(17-20-56)23-28(24-46)15-18-51-33-4-1-3-32-41(33)45(63)58(44(32)62)37-13-14-40(59)54-43(37)61/h1-6,21-22,26-28,30-31,37,51H,7-20,23-25H2,(H,53,60)(H,54,59,61)/t27-,30-,37?. The smallest absolute Gasteiger partial charge is 0.433 e. The number of fused-ring (bicyclic) bond motifs is 2. The number of ether oxygens (including phenoxy) is 1. The Bertz CT molecular complexity index is 2510. The monoisotopic (exact) mass is 880 g/mol. The van der Waals surface area contributed by atoms with E-state index in [4.69, 9.17) is 9.84 Å². The average Bonchev–Trinajstić information content (AvgIpc) is 3.93. The summed E-state index contributed by atoms with van der Waals surface area (Å²) in [7, 11) is 0. The molecule has 3 saturated carbocycles. The van der Waals surface area contributed by atoms with Crippen LogP contribution in [0.1, 0.15) is 126 Å². The molecule has 3 aliphatic heterocycles. The zero-order chi connectivity index (χ0) is 44.3. The molecule has 2 aromatic heterocycles. The minimum absolute atomic E-state index is 0.0263. The maximum Gasteiger partial charge on any atom is 0.433 e. The van der Waals surface area contributed by atoms with Gasteiger partial charge in [-0.3, -0.25) is 38.9 Å². The Labute approximate surface area is 367 Å². The molecule has 0 radical (unpaired) electrons. The van der Waals surface area contributed by atoms with Crippen molar-refractivity contribution in [2.45, 2.75) is 108 Å². The van der Waals surface area contributed by atoms with Crippen molar-refractivity contribution in [3.63, 3.8) is 0 Å². The fourth-order valence-corrected chi connectivity index (χ4v) is 10.7. The predicted octanol–water partition coefficient (Wildman–Crippen LogP) is 7.37. The molecule has 17 heteroatoms. The number of carbonyl (C=O) groups excluding carboxylic acids is 5. The van der Waals surface area contributed by atoms with Gasteiger partial charge in [0.05, 0.1) is 34.5 Å². The van der Waals surface area contributed by atoms with Crippen molar-refractivity contribution in [2.24, 2.45) is 17.3 Å². The van der Waals surface area contributed by atoms with Gasteiger partial charge in [0.1, 0.15) is 23.2 Å². The number of likely N-dealkylation sites (tertiary alicyclic amines) is 1. The highest BCUT2D eigenvalue weighted by Crippen LogP contribution is 2.54. The molecule has 0 bridgehead atoms. The second-order valence-electron chi connectivity index (χ2n) is 18.8. The van der Waals surface area contributed by atoms with E-state index in [9.17, 15) is 37.1 Å². The summed E-state index contributed by atoms with van der Waals surface area (Å²) in [6.45, 7) is 4.01. The number of alkyl halides is 3. The summed E-state index contributed by atoms with van der Waals surface area (Å²) in [6.07, 6.45) is 9.37. The zero-order valence-corrected chi connectivity index (χ0v) is 35.4. The first kappa shape index (κ1) is 42.1. The maximum absolute atomic E-state index is 13.5. The Morgan fingerprint density at radius 1 is 0.891 bits per heavy atom. The molecule has 2 aromatic carbocycles. The number of halogens is 3. The van der Waals surface area contributed by atoms with Crippen LogP contribution in [0.2, 0.25) is 0 Å². The molecule has 10 rings (SSSR count). The normalized spacial score (nSPS) is 23.9. The second kappa shape index (κ2) is 16.6. The minimum Gasteiger partial charge on any atom is -0.488 e. The first-order chi connectivity index (χ1) is 30.8. The molecule has 6 aliphatic rings. The van der Waals surface area contributed by atoms with Gasteiger partial charge in [-0.05, 0) is 138 Å². The van der Waals surface area contributed by atoms with Gasteiger partial charge in [-0.25, -0.2) is 4.98 Å². The van der Waals surface area contributed by atoms with Crippen molar-refractivity contribution in [3.8, 4) is 5.75 Å². The summed E-state index contributed by atoms with van der Waals surface area (Å²) in [5.74, 6) is -1.10. The van der Waals surface area contributed by atoms with E-state index in [0.29, 0.717) is 46.5 Å². The summed E-state index contributed by atoms with van der Waals surface area (Å²) in [4.78, 5) is 71.1. The van der Waals surface area contributed by atoms with Gasteiger partial charge in [0.25, 0.3) is 17.7 Å². The van der Waals surface area contributed by atoms with Crippen LogP contribution >= 0.6 is 0 Å². The number of imide groups is 2. The Balaban J connectivity index is 0.678. The number of carbonyl (C=O) groups is 5. The number of pyridine rings is 1. The third kappa shape index (κ3) is 8.46. The Morgan fingerprint density at radius 2 is 1.66 bits per heavy atom. The van der Waals surface area contributed by atoms with Gasteiger partial charge in [0.15, 0.2) is 0 Å². The lowest BCUT2D eigenvalue weighted by atomic mass is 9.57. The van der Waals surface area contributed by atoms with E-state index in [0.717, 1.165) is 86.4 Å². The molecule has 4 aromatic rings. The topological polar surface area (TPSA) is 168 Å². The van der Waals surface area contributed by atoms with E-state index in [2.05, 4.69) is 25.8 Å². The average molecular weight is 881 g/mol. The van der Waals surface area contributed by atoms with E-state index in [1.807, 2.05) is 10.9 Å². The van der Waals surface area contributed by atoms with Crippen LogP contribution in [0.25, 0.3) is 10.9 Å². The molecular formula is C47H51F3N8O6. The van der Waals surface area contributed by atoms with Crippen molar-refractivity contribution >= 4 is 51.8 Å². The third-order valence-corrected chi connectivity index (χ3v) is 14.4. The molecule has 5 heterocycles. The van der Waals surface area contributed by atoms with Crippen LogP contribution in [0.3, 0.4) is 0 Å². The molecule has 1 unspecified atom stereocenters. The van der Waals surface area contributed by atoms with Crippen LogP contribution in [-0.2, 0) is 15.8 Å². The molecule has 336 valence electrons. The van der Waals surface area contributed by atoms with Crippen molar-refractivity contribution < 1.29 is 41.9 Å². The SMILES string of the molecule is O=C1CCC(N2C(=O)c3cccc(NCCC4CC5(CCN(C[C@H]6CC[C@H](n7cc8cc(NC(=O)c9cccc(C(F)(F)F)n9)c(OC9CC9)cc8n7)CC6)CC5)C4)c3C2=O)C(=O)N1. The van der Waals surface area contributed by atoms with Crippen LogP contribution in [0.5, 0.6) is 5.75 Å². The molecule has 1 spiro atoms. The number of piperidine rings is 2. The molecule has 2 saturated heterocycles. The van der Waals surface area contributed by atoms with Gasteiger partial charge in [0.2, 0.25) is 11.8 Å². The van der Waals surface area contributed by atoms with Crippen molar-refractivity contribution in [2.75, 3.05) is 36.8 Å². The van der Waals surface area contributed by atoms with Gasteiger partial charge >= 0.3 is 6.18 Å². The zero-order valence-electron chi connectivity index (χ0n) is 35.4. The number of anilines is 2. The van der Waals surface area contributed by atoms with E-state index in [1.165, 1.54) is 37.8 Å². The molecule has 64 heavy (non-hydrogen) atoms. The lowest BCUT2D eigenvalue weighted by molar-refractivity contribution is -0.141. The molecule has 3 aliphatic carbocycles. The second-order valence-corrected chi connectivity index (χ2v) is 18.8. The highest BCUT2D eigenvalue weighted by molar-refractivity contribution is 6.25. The fraction of sp³-hybridized carbons (Fsp3) is 0.511. The maximum atomic E-state index is 13.5. The predicted molar refractivity (Wildman–Crippen MR) is 229 cm³/mol. The van der Waals surface area contributed by atoms with Gasteiger partial charge in [-0.2, -0.15) is 18.3 Å². The van der Waals surface area contributed by atoms with E-state index in [-0.39, 0.29) is 36.2 Å². The van der Waals surface area contributed by atoms with Gasteiger partial charge in [0, 0.05) is 42.8 Å². The Hall–Kier alpha value is -5.84. The Morgan fingerprint density at radius 3 is 2.39 bits per heavy atom. The number of hydrogen-bond acceptors (Lipinski definition) is 10. The first-order valence-electron chi connectivity index (χ1n) is 22.7. The van der Waals surface area contributed by atoms with Crippen molar-refractivity contribution in [1.82, 2.24) is 29.9 Å². The number of amides is 5. The highest BCUT2D eigenvalue weighted by Gasteiger charge is 2.47. The number of aromatic nitrogens is 3. The molecule has 3 N–H and O–H groups in total. The summed E-state index contributed by atoms with van der Waals surface area (Å²) in [5, 5.41) is 14.1. The van der Waals surface area contributed by atoms with E-state index >= 15 is 0 Å². The highest BCUT2D eigenvalue weighted by atomic mass is 19.4. The summed E-state index contributed by atoms with van der Waals surface area (Å²) < 4.78 is 48.0. The molecule has 5 amide bonds. The summed E-state index contributed by atoms with van der Waals surface area (Å²) in [5.41, 5.74) is 1.23. The fourth-order valence-electron chi connectivity index (χ4n) is 10.7. The van der Waals surface area contributed by atoms with E-state index < -0.39 is 47.4 Å². The van der Waals surface area contributed by atoms with Crippen LogP contribution < -0.4 is 20.7 Å². The largest absolute Gasteiger partial charge is 0.488 e. The number of hydrogen-bond donors (Lipinski definition) is 3. The van der Waals surface area contributed by atoms with Gasteiger partial charge in [-0.15, -0.1) is 0 Å². The van der Waals surface area contributed by atoms with Crippen molar-refractivity contribution in [3.05, 3.63) is 77.2 Å². The van der Waals surface area contributed by atoms with Crippen LogP contribution in [0.15, 0.2) is 54.7 Å². The lowest BCUT2D eigenvalue weighted by Gasteiger charge is -2.53. The van der Waals surface area contributed by atoms with Crippen LogP contribution in [0, 0.1) is 17.3 Å². The summed E-state index contributed by atoms with van der Waals surface area (Å²) in [6, 6.07) is 11.3. The van der Waals surface area contributed by atoms with Crippen molar-refractivity contribution in [1.29, 1.82) is 0 Å². The quantitative estimate of drug-likeness (QED) is 0.122. The number of rotatable bonds is 12. The minimum atomic E-state index is -4.66.